The van der Waals surface area contributed by atoms with Crippen molar-refractivity contribution in [1.82, 2.24) is 14.7 Å². The van der Waals surface area contributed by atoms with Crippen LogP contribution in [0, 0.1) is 6.92 Å². The van der Waals surface area contributed by atoms with E-state index in [0.29, 0.717) is 13.2 Å². The molecule has 3 rings (SSSR count). The molecule has 1 amide bonds. The van der Waals surface area contributed by atoms with Gasteiger partial charge < -0.3 is 14.5 Å². The predicted octanol–water partition coefficient (Wildman–Crippen LogP) is 3.37. The molecular weight excluding hydrogens is 314 g/mol. The number of nitrogens with zero attached hydrogens (tertiary/aromatic N) is 2. The number of hydrogen-bond acceptors (Lipinski definition) is 3. The average molecular weight is 335 g/mol. The van der Waals surface area contributed by atoms with Crippen LogP contribution >= 0.6 is 0 Å². The minimum Gasteiger partial charge on any atom is -0.494 e. The van der Waals surface area contributed by atoms with Crippen LogP contribution < -0.4 is 10.1 Å². The second-order valence-electron chi connectivity index (χ2n) is 5.71. The molecule has 1 N–H and O–H groups in total. The van der Waals surface area contributed by atoms with E-state index in [9.17, 15) is 4.79 Å². The van der Waals surface area contributed by atoms with Crippen LogP contribution in [0.2, 0.25) is 0 Å². The van der Waals surface area contributed by atoms with Crippen LogP contribution in [0.1, 0.15) is 23.7 Å². The number of aryl methyl sites for hydroxylation is 1. The van der Waals surface area contributed by atoms with E-state index >= 15 is 0 Å². The first kappa shape index (κ1) is 16.8. The molecule has 0 aliphatic heterocycles. The predicted molar refractivity (Wildman–Crippen MR) is 98.4 cm³/mol. The minimum atomic E-state index is -0.150. The van der Waals surface area contributed by atoms with Crippen LogP contribution in [0.15, 0.2) is 54.9 Å². The zero-order chi connectivity index (χ0) is 17.6. The zero-order valence-corrected chi connectivity index (χ0v) is 14.4. The monoisotopic (exact) mass is 335 g/mol. The summed E-state index contributed by atoms with van der Waals surface area (Å²) in [6, 6.07) is 11.6. The summed E-state index contributed by atoms with van der Waals surface area (Å²) in [6.07, 6.45) is 7.18. The average Bonchev–Trinajstić information content (AvgIpc) is 3.04. The lowest BCUT2D eigenvalue weighted by molar-refractivity contribution is -0.116. The molecule has 0 bridgehead atoms. The fourth-order valence-corrected chi connectivity index (χ4v) is 2.54. The molecule has 5 heteroatoms. The molecule has 2 heterocycles. The van der Waals surface area contributed by atoms with E-state index in [1.165, 1.54) is 6.08 Å². The normalized spacial score (nSPS) is 11.1. The SMILES string of the molecule is CCOc1ccc(C=CC(=O)NCc2cn3cccc(C)c3n2)cc1. The first-order valence-corrected chi connectivity index (χ1v) is 8.27. The number of carbonyl (C=O) groups is 1. The second-order valence-corrected chi connectivity index (χ2v) is 5.71. The summed E-state index contributed by atoms with van der Waals surface area (Å²) >= 11 is 0. The summed E-state index contributed by atoms with van der Waals surface area (Å²) in [5.74, 6) is 0.675. The van der Waals surface area contributed by atoms with Gasteiger partial charge in [0.05, 0.1) is 18.8 Å². The Kier molecular flexibility index (Phi) is 5.14. The third-order valence-corrected chi connectivity index (χ3v) is 3.79. The third-order valence-electron chi connectivity index (χ3n) is 3.79. The first-order chi connectivity index (χ1) is 12.2. The first-order valence-electron chi connectivity index (χ1n) is 8.27. The number of hydrogen-bond donors (Lipinski definition) is 1. The van der Waals surface area contributed by atoms with E-state index in [4.69, 9.17) is 4.74 Å². The number of amides is 1. The van der Waals surface area contributed by atoms with Crippen molar-refractivity contribution >= 4 is 17.6 Å². The molecule has 0 unspecified atom stereocenters. The molecule has 0 saturated carbocycles. The second kappa shape index (κ2) is 7.66. The van der Waals surface area contributed by atoms with Crippen LogP contribution in [0.3, 0.4) is 0 Å². The molecule has 0 aliphatic carbocycles. The van der Waals surface area contributed by atoms with Gasteiger partial charge in [-0.05, 0) is 49.2 Å². The lowest BCUT2D eigenvalue weighted by Crippen LogP contribution is -2.20. The number of imidazole rings is 1. The Morgan fingerprint density at radius 1 is 1.28 bits per heavy atom. The molecule has 0 saturated heterocycles. The molecule has 0 radical (unpaired) electrons. The van der Waals surface area contributed by atoms with Crippen molar-refractivity contribution in [2.24, 2.45) is 0 Å². The van der Waals surface area contributed by atoms with Gasteiger partial charge >= 0.3 is 0 Å². The van der Waals surface area contributed by atoms with Crippen LogP contribution in [0.25, 0.3) is 11.7 Å². The van der Waals surface area contributed by atoms with Crippen LogP contribution in [-0.4, -0.2) is 21.9 Å². The van der Waals surface area contributed by atoms with Crippen molar-refractivity contribution in [3.05, 3.63) is 71.7 Å². The highest BCUT2D eigenvalue weighted by Gasteiger charge is 2.04. The van der Waals surface area contributed by atoms with Gasteiger partial charge in [0.1, 0.15) is 11.4 Å². The van der Waals surface area contributed by atoms with Gasteiger partial charge in [-0.3, -0.25) is 4.79 Å². The molecule has 25 heavy (non-hydrogen) atoms. The Morgan fingerprint density at radius 2 is 2.08 bits per heavy atom. The molecule has 5 nitrogen and oxygen atoms in total. The van der Waals surface area contributed by atoms with Crippen molar-refractivity contribution in [3.63, 3.8) is 0 Å². The number of nitrogens with one attached hydrogen (secondary N) is 1. The molecule has 1 aromatic carbocycles. The highest BCUT2D eigenvalue weighted by atomic mass is 16.5. The Balaban J connectivity index is 1.57. The maximum atomic E-state index is 12.0. The Morgan fingerprint density at radius 3 is 2.80 bits per heavy atom. The Bertz CT molecular complexity index is 895. The minimum absolute atomic E-state index is 0.150. The van der Waals surface area contributed by atoms with Crippen molar-refractivity contribution in [2.75, 3.05) is 6.61 Å². The number of rotatable bonds is 6. The summed E-state index contributed by atoms with van der Waals surface area (Å²) < 4.78 is 7.36. The standard InChI is InChI=1S/C20H21N3O2/c1-3-25-18-9-6-16(7-10-18)8-11-19(24)21-13-17-14-23-12-4-5-15(2)20(23)22-17/h4-12,14H,3,13H2,1-2H3,(H,21,24). The molecule has 0 fully saturated rings. The van der Waals surface area contributed by atoms with E-state index in [1.54, 1.807) is 6.08 Å². The number of ether oxygens (including phenoxy) is 1. The maximum Gasteiger partial charge on any atom is 0.244 e. The van der Waals surface area contributed by atoms with E-state index in [1.807, 2.05) is 67.0 Å². The van der Waals surface area contributed by atoms with Gasteiger partial charge in [-0.2, -0.15) is 0 Å². The van der Waals surface area contributed by atoms with Gasteiger partial charge in [-0.1, -0.05) is 18.2 Å². The highest BCUT2D eigenvalue weighted by Crippen LogP contribution is 2.13. The lowest BCUT2D eigenvalue weighted by Gasteiger charge is -2.02. The van der Waals surface area contributed by atoms with Gasteiger partial charge in [0.15, 0.2) is 0 Å². The largest absolute Gasteiger partial charge is 0.494 e. The Labute approximate surface area is 147 Å². The number of benzene rings is 1. The van der Waals surface area contributed by atoms with E-state index in [2.05, 4.69) is 10.3 Å². The van der Waals surface area contributed by atoms with Crippen LogP contribution in [-0.2, 0) is 11.3 Å². The number of carbonyl (C=O) groups excluding carboxylic acids is 1. The summed E-state index contributed by atoms with van der Waals surface area (Å²) in [5.41, 5.74) is 3.80. The molecule has 0 atom stereocenters. The van der Waals surface area contributed by atoms with Crippen molar-refractivity contribution in [3.8, 4) is 5.75 Å². The Hall–Kier alpha value is -3.08. The molecular formula is C20H21N3O2. The van der Waals surface area contributed by atoms with Gasteiger partial charge in [0, 0.05) is 18.5 Å². The van der Waals surface area contributed by atoms with Gasteiger partial charge in [0.25, 0.3) is 0 Å². The molecule has 128 valence electrons. The molecule has 0 aliphatic rings. The van der Waals surface area contributed by atoms with Crippen molar-refractivity contribution in [1.29, 1.82) is 0 Å². The fraction of sp³-hybridized carbons (Fsp3) is 0.200. The molecule has 0 spiro atoms. The van der Waals surface area contributed by atoms with Crippen LogP contribution in [0.4, 0.5) is 0 Å². The molecule has 2 aromatic heterocycles. The zero-order valence-electron chi connectivity index (χ0n) is 14.4. The number of fused-ring (bicyclic) bond motifs is 1. The van der Waals surface area contributed by atoms with Crippen molar-refractivity contribution in [2.45, 2.75) is 20.4 Å². The lowest BCUT2D eigenvalue weighted by atomic mass is 10.2. The van der Waals surface area contributed by atoms with Crippen LogP contribution in [0.5, 0.6) is 5.75 Å². The summed E-state index contributed by atoms with van der Waals surface area (Å²) in [5, 5.41) is 2.86. The quantitative estimate of drug-likeness (QED) is 0.703. The summed E-state index contributed by atoms with van der Waals surface area (Å²) in [4.78, 5) is 16.5. The van der Waals surface area contributed by atoms with E-state index < -0.39 is 0 Å². The fourth-order valence-electron chi connectivity index (χ4n) is 2.54. The van der Waals surface area contributed by atoms with Gasteiger partial charge in [0.2, 0.25) is 5.91 Å². The third kappa shape index (κ3) is 4.26. The maximum absolute atomic E-state index is 12.0. The van der Waals surface area contributed by atoms with Gasteiger partial charge in [-0.15, -0.1) is 0 Å². The molecule has 3 aromatic rings. The number of pyridine rings is 1. The van der Waals surface area contributed by atoms with E-state index in [0.717, 1.165) is 28.2 Å². The van der Waals surface area contributed by atoms with E-state index in [-0.39, 0.29) is 5.91 Å². The number of aromatic nitrogens is 2. The smallest absolute Gasteiger partial charge is 0.244 e. The summed E-state index contributed by atoms with van der Waals surface area (Å²) in [7, 11) is 0. The van der Waals surface area contributed by atoms with Crippen molar-refractivity contribution < 1.29 is 9.53 Å². The summed E-state index contributed by atoms with van der Waals surface area (Å²) in [6.45, 7) is 5.00. The highest BCUT2D eigenvalue weighted by molar-refractivity contribution is 5.91. The topological polar surface area (TPSA) is 55.6 Å². The van der Waals surface area contributed by atoms with Gasteiger partial charge in [-0.25, -0.2) is 4.98 Å².